The number of nitrogens with zero attached hydrogens (tertiary/aromatic N) is 6. The second kappa shape index (κ2) is 12.2. The molecule has 0 radical (unpaired) electrons. The van der Waals surface area contributed by atoms with Gasteiger partial charge in [-0.25, -0.2) is 9.97 Å². The van der Waals surface area contributed by atoms with Crippen molar-refractivity contribution in [2.24, 2.45) is 0 Å². The number of fused-ring (bicyclic) bond motifs is 1. The van der Waals surface area contributed by atoms with Crippen LogP contribution in [0, 0.1) is 13.8 Å². The Hall–Kier alpha value is -3.25. The van der Waals surface area contributed by atoms with Gasteiger partial charge < -0.3 is 29.4 Å². The molecule has 0 saturated carbocycles. The number of imidazole rings is 1. The third kappa shape index (κ3) is 5.83. The molecular weight excluding hydrogens is 596 g/mol. The third-order valence-electron chi connectivity index (χ3n) is 8.54. The van der Waals surface area contributed by atoms with Gasteiger partial charge in [-0.05, 0) is 87.0 Å². The van der Waals surface area contributed by atoms with Crippen molar-refractivity contribution >= 4 is 44.4 Å². The van der Waals surface area contributed by atoms with Crippen molar-refractivity contribution in [3.8, 4) is 17.1 Å². The molecule has 0 spiro atoms. The van der Waals surface area contributed by atoms with Crippen LogP contribution < -0.4 is 10.2 Å². The summed E-state index contributed by atoms with van der Waals surface area (Å²) < 4.78 is 8.57. The zero-order valence-corrected chi connectivity index (χ0v) is 26.4. The van der Waals surface area contributed by atoms with Crippen LogP contribution in [0.5, 0.6) is 0 Å². The highest BCUT2D eigenvalue weighted by molar-refractivity contribution is 9.10. The van der Waals surface area contributed by atoms with Crippen molar-refractivity contribution < 1.29 is 9.53 Å². The number of rotatable bonds is 7. The molecule has 42 heavy (non-hydrogen) atoms. The number of anilines is 2. The number of pyridine rings is 1. The maximum absolute atomic E-state index is 13.1. The SMILES string of the molecule is Cc1cc(-c2nc3ncc(Br)c(NC4CCN(C)CC4)c3[nH]2)c(C)n1-c1cccc(N(C)C(=O)CN2CCOCC2)c1. The standard InChI is InChI=1S/C31H39BrN8O2/c1-20-16-25(30-35-29-28(26(32)18-33-31(29)36-30)34-22-8-10-37(3)11-9-22)21(2)40(20)24-7-5-6-23(17-24)38(4)27(41)19-39-12-14-42-15-13-39/h5-7,16-18,22H,8-15,19H2,1-4H3,(H2,33,34,35,36). The van der Waals surface area contributed by atoms with E-state index in [-0.39, 0.29) is 5.91 Å². The van der Waals surface area contributed by atoms with E-state index < -0.39 is 0 Å². The maximum atomic E-state index is 13.1. The number of likely N-dealkylation sites (N-methyl/N-ethyl adjacent to an activating group) is 1. The average Bonchev–Trinajstić information content (AvgIpc) is 3.55. The smallest absolute Gasteiger partial charge is 0.240 e. The Bertz CT molecular complexity index is 1580. The molecule has 0 atom stereocenters. The van der Waals surface area contributed by atoms with Crippen LogP contribution in [0.1, 0.15) is 24.2 Å². The minimum atomic E-state index is 0.0706. The molecule has 222 valence electrons. The monoisotopic (exact) mass is 634 g/mol. The highest BCUT2D eigenvalue weighted by atomic mass is 79.9. The number of halogens is 1. The van der Waals surface area contributed by atoms with Crippen LogP contribution in [-0.2, 0) is 9.53 Å². The van der Waals surface area contributed by atoms with E-state index in [1.54, 1.807) is 4.90 Å². The van der Waals surface area contributed by atoms with Crippen LogP contribution in [0.15, 0.2) is 41.0 Å². The summed E-state index contributed by atoms with van der Waals surface area (Å²) in [6.07, 6.45) is 4.03. The fourth-order valence-electron chi connectivity index (χ4n) is 6.00. The van der Waals surface area contributed by atoms with Crippen LogP contribution in [-0.4, -0.2) is 101 Å². The number of amides is 1. The number of benzene rings is 1. The number of aryl methyl sites for hydroxylation is 1. The molecule has 0 unspecified atom stereocenters. The molecule has 6 rings (SSSR count). The second-order valence-corrected chi connectivity index (χ2v) is 12.3. The number of H-pyrrole nitrogens is 1. The predicted octanol–water partition coefficient (Wildman–Crippen LogP) is 4.60. The van der Waals surface area contributed by atoms with Gasteiger partial charge in [0, 0.05) is 60.7 Å². The molecule has 2 aliphatic heterocycles. The van der Waals surface area contributed by atoms with E-state index in [0.717, 1.165) is 88.8 Å². The number of nitrogens with one attached hydrogen (secondary N) is 2. The molecule has 2 aliphatic rings. The van der Waals surface area contributed by atoms with Crippen LogP contribution in [0.4, 0.5) is 11.4 Å². The number of carbonyl (C=O) groups is 1. The highest BCUT2D eigenvalue weighted by Crippen LogP contribution is 2.35. The average molecular weight is 636 g/mol. The van der Waals surface area contributed by atoms with E-state index in [0.29, 0.717) is 31.4 Å². The molecule has 0 aliphatic carbocycles. The summed E-state index contributed by atoms with van der Waals surface area (Å²) in [4.78, 5) is 32.4. The lowest BCUT2D eigenvalue weighted by molar-refractivity contribution is -0.120. The normalized spacial score (nSPS) is 17.2. The van der Waals surface area contributed by atoms with Gasteiger partial charge in [0.15, 0.2) is 5.65 Å². The molecular formula is C31H39BrN8O2. The summed E-state index contributed by atoms with van der Waals surface area (Å²) >= 11 is 3.72. The molecule has 2 fully saturated rings. The molecule has 3 aromatic heterocycles. The van der Waals surface area contributed by atoms with Gasteiger partial charge in [-0.15, -0.1) is 0 Å². The lowest BCUT2D eigenvalue weighted by Gasteiger charge is -2.30. The van der Waals surface area contributed by atoms with Crippen molar-refractivity contribution in [1.82, 2.24) is 29.3 Å². The van der Waals surface area contributed by atoms with Gasteiger partial charge in [0.1, 0.15) is 11.3 Å². The first-order valence-corrected chi connectivity index (χ1v) is 15.4. The van der Waals surface area contributed by atoms with Crippen LogP contribution >= 0.6 is 15.9 Å². The Morgan fingerprint density at radius 3 is 2.69 bits per heavy atom. The predicted molar refractivity (Wildman–Crippen MR) is 171 cm³/mol. The molecule has 2 N–H and O–H groups in total. The Morgan fingerprint density at radius 1 is 1.17 bits per heavy atom. The van der Waals surface area contributed by atoms with E-state index >= 15 is 0 Å². The maximum Gasteiger partial charge on any atom is 0.240 e. The number of hydrogen-bond acceptors (Lipinski definition) is 7. The third-order valence-corrected chi connectivity index (χ3v) is 9.14. The lowest BCUT2D eigenvalue weighted by atomic mass is 10.1. The van der Waals surface area contributed by atoms with Gasteiger partial charge in [0.25, 0.3) is 0 Å². The van der Waals surface area contributed by atoms with Crippen molar-refractivity contribution in [3.05, 3.63) is 52.4 Å². The largest absolute Gasteiger partial charge is 0.379 e. The molecule has 1 aromatic carbocycles. The number of piperidine rings is 1. The summed E-state index contributed by atoms with van der Waals surface area (Å²) in [6.45, 7) is 9.69. The molecule has 11 heteroatoms. The van der Waals surface area contributed by atoms with E-state index in [2.05, 4.69) is 84.7 Å². The zero-order chi connectivity index (χ0) is 29.4. The van der Waals surface area contributed by atoms with E-state index in [4.69, 9.17) is 9.72 Å². The summed E-state index contributed by atoms with van der Waals surface area (Å²) in [6, 6.07) is 10.7. The van der Waals surface area contributed by atoms with Gasteiger partial charge in [-0.2, -0.15) is 0 Å². The van der Waals surface area contributed by atoms with Crippen LogP contribution in [0.3, 0.4) is 0 Å². The fraction of sp³-hybridized carbons (Fsp3) is 0.452. The molecule has 5 heterocycles. The molecule has 2 saturated heterocycles. The van der Waals surface area contributed by atoms with Gasteiger partial charge >= 0.3 is 0 Å². The number of morpholine rings is 1. The van der Waals surface area contributed by atoms with Crippen LogP contribution in [0.2, 0.25) is 0 Å². The summed E-state index contributed by atoms with van der Waals surface area (Å²) in [5.74, 6) is 0.858. The zero-order valence-electron chi connectivity index (χ0n) is 24.8. The van der Waals surface area contributed by atoms with Crippen molar-refractivity contribution in [3.63, 3.8) is 0 Å². The van der Waals surface area contributed by atoms with Crippen molar-refractivity contribution in [1.29, 1.82) is 0 Å². The minimum absolute atomic E-state index is 0.0706. The Balaban J connectivity index is 1.27. The van der Waals surface area contributed by atoms with Crippen LogP contribution in [0.25, 0.3) is 28.2 Å². The van der Waals surface area contributed by atoms with E-state index in [1.807, 2.05) is 25.4 Å². The second-order valence-electron chi connectivity index (χ2n) is 11.5. The van der Waals surface area contributed by atoms with E-state index in [1.165, 1.54) is 0 Å². The van der Waals surface area contributed by atoms with E-state index in [9.17, 15) is 4.79 Å². The summed E-state index contributed by atoms with van der Waals surface area (Å²) in [7, 11) is 4.02. The number of likely N-dealkylation sites (tertiary alicyclic amines) is 1. The number of ether oxygens (including phenoxy) is 1. The number of aromatic amines is 1. The molecule has 10 nitrogen and oxygen atoms in total. The number of carbonyl (C=O) groups excluding carboxylic acids is 1. The van der Waals surface area contributed by atoms with Crippen molar-refractivity contribution in [2.45, 2.75) is 32.7 Å². The first kappa shape index (κ1) is 28.9. The lowest BCUT2D eigenvalue weighted by Crippen LogP contribution is -2.43. The fourth-order valence-corrected chi connectivity index (χ4v) is 6.42. The molecule has 0 bridgehead atoms. The van der Waals surface area contributed by atoms with Gasteiger partial charge in [-0.3, -0.25) is 9.69 Å². The summed E-state index contributed by atoms with van der Waals surface area (Å²) in [5, 5.41) is 3.75. The topological polar surface area (TPSA) is 94.6 Å². The van der Waals surface area contributed by atoms with Gasteiger partial charge in [-0.1, -0.05) is 6.07 Å². The number of hydrogen-bond donors (Lipinski definition) is 2. The molecule has 4 aromatic rings. The molecule has 1 amide bonds. The number of aromatic nitrogens is 4. The van der Waals surface area contributed by atoms with Crippen molar-refractivity contribution in [2.75, 3.05) is 70.2 Å². The minimum Gasteiger partial charge on any atom is -0.379 e. The summed E-state index contributed by atoms with van der Waals surface area (Å²) in [5.41, 5.74) is 7.65. The van der Waals surface area contributed by atoms with Gasteiger partial charge in [0.2, 0.25) is 5.91 Å². The Kier molecular flexibility index (Phi) is 8.35. The quantitative estimate of drug-likeness (QED) is 0.307. The Labute approximate surface area is 255 Å². The highest BCUT2D eigenvalue weighted by Gasteiger charge is 2.23. The first-order valence-electron chi connectivity index (χ1n) is 14.6. The Morgan fingerprint density at radius 2 is 1.93 bits per heavy atom. The van der Waals surface area contributed by atoms with Gasteiger partial charge in [0.05, 0.1) is 29.9 Å². The first-order chi connectivity index (χ1) is 20.3.